The van der Waals surface area contributed by atoms with Crippen LogP contribution in [0.25, 0.3) is 6.08 Å². The van der Waals surface area contributed by atoms with Crippen molar-refractivity contribution in [1.29, 1.82) is 0 Å². The van der Waals surface area contributed by atoms with Crippen LogP contribution in [0.1, 0.15) is 12.5 Å². The smallest absolute Gasteiger partial charge is 0.270 e. The summed E-state index contributed by atoms with van der Waals surface area (Å²) in [5.41, 5.74) is 0.685. The Labute approximate surface area is 129 Å². The van der Waals surface area contributed by atoms with Gasteiger partial charge >= 0.3 is 0 Å². The first-order valence-electron chi connectivity index (χ1n) is 6.03. The van der Waals surface area contributed by atoms with Crippen LogP contribution in [0.3, 0.4) is 0 Å². The Hall–Kier alpha value is -1.80. The average molecular weight is 324 g/mol. The molecule has 0 spiro atoms. The number of hydrogen-bond donors (Lipinski definition) is 0. The summed E-state index contributed by atoms with van der Waals surface area (Å²) in [4.78, 5) is 26.4. The minimum Gasteiger partial charge on any atom is -0.493 e. The number of benzene rings is 1. The predicted molar refractivity (Wildman–Crippen MR) is 85.8 cm³/mol. The Morgan fingerprint density at radius 2 is 2.29 bits per heavy atom. The van der Waals surface area contributed by atoms with Crippen LogP contribution in [0, 0.1) is 10.1 Å². The number of carbonyl (C=O) groups is 1. The van der Waals surface area contributed by atoms with E-state index in [0.29, 0.717) is 22.3 Å². The second-order valence-electron chi connectivity index (χ2n) is 3.91. The molecule has 0 N–H and O–H groups in total. The minimum absolute atomic E-state index is 0.0579. The number of ether oxygens (including phenoxy) is 1. The molecule has 0 saturated heterocycles. The Bertz CT molecular complexity index is 656. The molecule has 2 rings (SSSR count). The van der Waals surface area contributed by atoms with E-state index in [-0.39, 0.29) is 16.5 Å². The molecule has 1 aliphatic rings. The Morgan fingerprint density at radius 1 is 1.52 bits per heavy atom. The highest BCUT2D eigenvalue weighted by Gasteiger charge is 2.22. The van der Waals surface area contributed by atoms with Crippen molar-refractivity contribution in [2.45, 2.75) is 6.92 Å². The SMILES string of the molecule is CCOc1ccc([N+](=O)[O-])cc1/C=C1\N=C(SC)SC1=O. The fourth-order valence-electron chi connectivity index (χ4n) is 1.67. The van der Waals surface area contributed by atoms with E-state index in [1.807, 2.05) is 13.2 Å². The normalized spacial score (nSPS) is 16.2. The molecule has 110 valence electrons. The lowest BCUT2D eigenvalue weighted by Gasteiger charge is -2.07. The van der Waals surface area contributed by atoms with Gasteiger partial charge in [0.25, 0.3) is 5.69 Å². The van der Waals surface area contributed by atoms with Crippen molar-refractivity contribution in [3.05, 3.63) is 39.6 Å². The van der Waals surface area contributed by atoms with Crippen LogP contribution in [0.15, 0.2) is 28.9 Å². The first kappa shape index (κ1) is 15.6. The topological polar surface area (TPSA) is 81.8 Å². The summed E-state index contributed by atoms with van der Waals surface area (Å²) in [7, 11) is 0. The number of aliphatic imine (C=N–C) groups is 1. The zero-order valence-electron chi connectivity index (χ0n) is 11.4. The highest BCUT2D eigenvalue weighted by atomic mass is 32.2. The first-order valence-corrected chi connectivity index (χ1v) is 8.07. The number of nitro benzene ring substituents is 1. The van der Waals surface area contributed by atoms with Gasteiger partial charge in [-0.3, -0.25) is 14.9 Å². The van der Waals surface area contributed by atoms with Gasteiger partial charge in [-0.15, -0.1) is 11.8 Å². The van der Waals surface area contributed by atoms with Gasteiger partial charge in [0.15, 0.2) is 0 Å². The van der Waals surface area contributed by atoms with Crippen LogP contribution in [-0.2, 0) is 4.79 Å². The van der Waals surface area contributed by atoms with E-state index < -0.39 is 4.92 Å². The van der Waals surface area contributed by atoms with Gasteiger partial charge in [-0.1, -0.05) is 0 Å². The molecule has 0 amide bonds. The van der Waals surface area contributed by atoms with Gasteiger partial charge in [0.05, 0.1) is 11.5 Å². The van der Waals surface area contributed by atoms with Crippen molar-refractivity contribution in [2.75, 3.05) is 12.9 Å². The van der Waals surface area contributed by atoms with E-state index >= 15 is 0 Å². The van der Waals surface area contributed by atoms with E-state index in [1.54, 1.807) is 0 Å². The van der Waals surface area contributed by atoms with Crippen molar-refractivity contribution < 1.29 is 14.5 Å². The Balaban J connectivity index is 2.46. The Morgan fingerprint density at radius 3 is 2.86 bits per heavy atom. The van der Waals surface area contributed by atoms with Crippen molar-refractivity contribution in [1.82, 2.24) is 0 Å². The fourth-order valence-corrected chi connectivity index (χ4v) is 2.94. The predicted octanol–water partition coefficient (Wildman–Crippen LogP) is 3.33. The Kier molecular flexibility index (Phi) is 5.03. The molecular formula is C13H12N2O4S2. The standard InChI is InChI=1S/C13H12N2O4S2/c1-3-19-11-5-4-9(15(17)18)6-8(11)7-10-12(16)21-13(14-10)20-2/h4-7H,3H2,1-2H3/b10-7-. The molecule has 0 fully saturated rings. The highest BCUT2D eigenvalue weighted by molar-refractivity contribution is 8.45. The summed E-state index contributed by atoms with van der Waals surface area (Å²) in [6.45, 7) is 2.24. The number of nitro groups is 1. The summed E-state index contributed by atoms with van der Waals surface area (Å²) in [5, 5.41) is 10.7. The number of hydrogen-bond acceptors (Lipinski definition) is 7. The fraction of sp³-hybridized carbons (Fsp3) is 0.231. The summed E-state index contributed by atoms with van der Waals surface area (Å²) in [6.07, 6.45) is 3.36. The molecule has 1 heterocycles. The molecule has 1 aromatic rings. The van der Waals surface area contributed by atoms with Gasteiger partial charge in [-0.05, 0) is 37.1 Å². The van der Waals surface area contributed by atoms with Crippen molar-refractivity contribution in [3.63, 3.8) is 0 Å². The summed E-state index contributed by atoms with van der Waals surface area (Å²) in [6, 6.07) is 4.27. The quantitative estimate of drug-likeness (QED) is 0.480. The van der Waals surface area contributed by atoms with Crippen molar-refractivity contribution >= 4 is 44.8 Å². The maximum atomic E-state index is 11.8. The van der Waals surface area contributed by atoms with Gasteiger partial charge in [-0.2, -0.15) is 0 Å². The van der Waals surface area contributed by atoms with Gasteiger partial charge in [0.1, 0.15) is 15.8 Å². The maximum Gasteiger partial charge on any atom is 0.270 e. The summed E-state index contributed by atoms with van der Waals surface area (Å²) < 4.78 is 6.09. The molecule has 21 heavy (non-hydrogen) atoms. The van der Waals surface area contributed by atoms with E-state index in [0.717, 1.165) is 11.8 Å². The van der Waals surface area contributed by atoms with Crippen LogP contribution in [-0.4, -0.2) is 27.3 Å². The molecule has 8 heteroatoms. The average Bonchev–Trinajstić information content (AvgIpc) is 2.81. The van der Waals surface area contributed by atoms with Gasteiger partial charge in [0.2, 0.25) is 5.12 Å². The summed E-state index contributed by atoms with van der Waals surface area (Å²) >= 11 is 2.44. The molecule has 1 aliphatic heterocycles. The molecule has 0 radical (unpaired) electrons. The molecule has 0 aromatic heterocycles. The van der Waals surface area contributed by atoms with Gasteiger partial charge < -0.3 is 4.74 Å². The summed E-state index contributed by atoms with van der Waals surface area (Å²) in [5.74, 6) is 0.487. The number of carbonyl (C=O) groups excluding carboxylic acids is 1. The molecule has 0 unspecified atom stereocenters. The zero-order valence-corrected chi connectivity index (χ0v) is 13.0. The number of rotatable bonds is 4. The molecule has 0 saturated carbocycles. The molecular weight excluding hydrogens is 312 g/mol. The van der Waals surface area contributed by atoms with E-state index in [2.05, 4.69) is 4.99 Å². The number of thioether (sulfide) groups is 2. The van der Waals surface area contributed by atoms with Crippen LogP contribution in [0.4, 0.5) is 5.69 Å². The van der Waals surface area contributed by atoms with Crippen molar-refractivity contribution in [2.24, 2.45) is 4.99 Å². The van der Waals surface area contributed by atoms with Crippen LogP contribution >= 0.6 is 23.5 Å². The largest absolute Gasteiger partial charge is 0.493 e. The van der Waals surface area contributed by atoms with E-state index in [9.17, 15) is 14.9 Å². The lowest BCUT2D eigenvalue weighted by Crippen LogP contribution is -1.97. The van der Waals surface area contributed by atoms with Gasteiger partial charge in [0, 0.05) is 17.7 Å². The third kappa shape index (κ3) is 3.64. The molecule has 0 bridgehead atoms. The number of nitrogens with zero attached hydrogens (tertiary/aromatic N) is 2. The highest BCUT2D eigenvalue weighted by Crippen LogP contribution is 2.32. The second-order valence-corrected chi connectivity index (χ2v) is 5.93. The van der Waals surface area contributed by atoms with Gasteiger partial charge in [-0.25, -0.2) is 4.99 Å². The second kappa shape index (κ2) is 6.77. The monoisotopic (exact) mass is 324 g/mol. The van der Waals surface area contributed by atoms with Crippen LogP contribution in [0.2, 0.25) is 0 Å². The third-order valence-corrected chi connectivity index (χ3v) is 4.42. The molecule has 0 atom stereocenters. The molecule has 6 nitrogen and oxygen atoms in total. The zero-order chi connectivity index (χ0) is 15.4. The maximum absolute atomic E-state index is 11.8. The molecule has 0 aliphatic carbocycles. The lowest BCUT2D eigenvalue weighted by molar-refractivity contribution is -0.384. The lowest BCUT2D eigenvalue weighted by atomic mass is 10.1. The molecule has 1 aromatic carbocycles. The first-order chi connectivity index (χ1) is 10.0. The van der Waals surface area contributed by atoms with Crippen LogP contribution in [0.5, 0.6) is 5.75 Å². The minimum atomic E-state index is -0.487. The van der Waals surface area contributed by atoms with Crippen LogP contribution < -0.4 is 4.74 Å². The van der Waals surface area contributed by atoms with Crippen molar-refractivity contribution in [3.8, 4) is 5.75 Å². The number of non-ortho nitro benzene ring substituents is 1. The van der Waals surface area contributed by atoms with E-state index in [1.165, 1.54) is 36.0 Å². The third-order valence-electron chi connectivity index (χ3n) is 2.57. The van der Waals surface area contributed by atoms with E-state index in [4.69, 9.17) is 4.74 Å².